The van der Waals surface area contributed by atoms with E-state index in [4.69, 9.17) is 5.73 Å². The molecule has 2 N–H and O–H groups in total. The lowest BCUT2D eigenvalue weighted by molar-refractivity contribution is 0.310. The molecule has 0 aliphatic heterocycles. The lowest BCUT2D eigenvalue weighted by atomic mass is 10.2. The summed E-state index contributed by atoms with van der Waals surface area (Å²) in [7, 11) is 0. The van der Waals surface area contributed by atoms with Crippen LogP contribution >= 0.6 is 0 Å². The first-order valence-corrected chi connectivity index (χ1v) is 5.20. The molecule has 0 aliphatic rings. The minimum Gasteiger partial charge on any atom is -0.379 e. The Bertz CT molecular complexity index is 485. The van der Waals surface area contributed by atoms with Gasteiger partial charge in [-0.05, 0) is 23.2 Å². The van der Waals surface area contributed by atoms with Crippen molar-refractivity contribution in [1.29, 1.82) is 0 Å². The smallest absolute Gasteiger partial charge is 0.199 e. The Morgan fingerprint density at radius 2 is 2.19 bits per heavy atom. The number of hydrogen-bond donors (Lipinski definition) is 1. The first kappa shape index (κ1) is 10.7. The van der Waals surface area contributed by atoms with Crippen molar-refractivity contribution in [3.8, 4) is 11.5 Å². The Hall–Kier alpha value is -1.85. The molecule has 0 bridgehead atoms. The highest BCUT2D eigenvalue weighted by Gasteiger charge is 2.16. The van der Waals surface area contributed by atoms with E-state index in [1.165, 1.54) is 0 Å². The van der Waals surface area contributed by atoms with Crippen molar-refractivity contribution in [3.05, 3.63) is 11.9 Å². The molecule has 0 unspecified atom stereocenters. The topological polar surface area (TPSA) is 82.8 Å². The molecule has 16 heavy (non-hydrogen) atoms. The summed E-state index contributed by atoms with van der Waals surface area (Å²) in [5.41, 5.74) is 7.10. The number of rotatable bonds is 3. The number of hydrogen-bond acceptors (Lipinski definition) is 5. The number of imidazole rings is 1. The maximum absolute atomic E-state index is 5.66. The maximum atomic E-state index is 5.66. The highest BCUT2D eigenvalue weighted by molar-refractivity contribution is 5.62. The quantitative estimate of drug-likeness (QED) is 0.848. The van der Waals surface area contributed by atoms with Crippen molar-refractivity contribution >= 4 is 5.82 Å². The van der Waals surface area contributed by atoms with Crippen LogP contribution in [0.1, 0.15) is 19.5 Å². The Labute approximate surface area is 93.4 Å². The van der Waals surface area contributed by atoms with Gasteiger partial charge in [-0.25, -0.2) is 9.61 Å². The molecule has 2 heterocycles. The van der Waals surface area contributed by atoms with Crippen molar-refractivity contribution in [2.75, 3.05) is 5.73 Å². The van der Waals surface area contributed by atoms with Crippen molar-refractivity contribution in [2.24, 2.45) is 5.92 Å². The van der Waals surface area contributed by atoms with Gasteiger partial charge in [0.25, 0.3) is 0 Å². The Morgan fingerprint density at radius 3 is 2.75 bits per heavy atom. The second-order valence-electron chi connectivity index (χ2n) is 4.25. The lowest BCUT2D eigenvalue weighted by Gasteiger charge is -2.08. The Morgan fingerprint density at radius 1 is 1.44 bits per heavy atom. The molecule has 2 aromatic rings. The molecule has 0 spiro atoms. The number of nitrogens with zero attached hydrogens (tertiary/aromatic N) is 4. The van der Waals surface area contributed by atoms with Crippen LogP contribution in [0.2, 0.25) is 0 Å². The second-order valence-corrected chi connectivity index (χ2v) is 4.25. The summed E-state index contributed by atoms with van der Waals surface area (Å²) >= 11 is 0. The van der Waals surface area contributed by atoms with Gasteiger partial charge in [-0.2, -0.15) is 0 Å². The minimum atomic E-state index is 0.274. The van der Waals surface area contributed by atoms with Gasteiger partial charge in [0.05, 0.1) is 5.69 Å². The number of aromatic nitrogens is 4. The SMILES string of the molecule is Cc1cn(CC(C)C)c(-c2nonc2N)n1. The fourth-order valence-electron chi connectivity index (χ4n) is 1.62. The molecule has 0 saturated carbocycles. The van der Waals surface area contributed by atoms with Crippen LogP contribution in [0.15, 0.2) is 10.8 Å². The largest absolute Gasteiger partial charge is 0.379 e. The maximum Gasteiger partial charge on any atom is 0.199 e. The van der Waals surface area contributed by atoms with Crippen molar-refractivity contribution in [2.45, 2.75) is 27.3 Å². The van der Waals surface area contributed by atoms with E-state index in [0.717, 1.165) is 12.2 Å². The summed E-state index contributed by atoms with van der Waals surface area (Å²) < 4.78 is 6.61. The average Bonchev–Trinajstić information content (AvgIpc) is 2.71. The molecule has 6 heteroatoms. The van der Waals surface area contributed by atoms with Crippen LogP contribution in [0.25, 0.3) is 11.5 Å². The molecule has 0 aliphatic carbocycles. The molecule has 2 rings (SSSR count). The van der Waals surface area contributed by atoms with Gasteiger partial charge in [-0.3, -0.25) is 0 Å². The van der Waals surface area contributed by atoms with Gasteiger partial charge in [-0.15, -0.1) is 0 Å². The van der Waals surface area contributed by atoms with Crippen LogP contribution in [0.5, 0.6) is 0 Å². The molecule has 0 atom stereocenters. The third-order valence-corrected chi connectivity index (χ3v) is 2.18. The monoisotopic (exact) mass is 221 g/mol. The molecular formula is C10H15N5O. The third kappa shape index (κ3) is 1.91. The third-order valence-electron chi connectivity index (χ3n) is 2.18. The van der Waals surface area contributed by atoms with E-state index in [0.29, 0.717) is 17.4 Å². The number of anilines is 1. The highest BCUT2D eigenvalue weighted by atomic mass is 16.6. The molecule has 86 valence electrons. The number of nitrogens with two attached hydrogens (primary N) is 1. The van der Waals surface area contributed by atoms with E-state index in [1.807, 2.05) is 17.7 Å². The van der Waals surface area contributed by atoms with Gasteiger partial charge >= 0.3 is 0 Å². The molecule has 0 aromatic carbocycles. The Balaban J connectivity index is 2.44. The molecule has 2 aromatic heterocycles. The summed E-state index contributed by atoms with van der Waals surface area (Å²) in [4.78, 5) is 4.39. The zero-order valence-corrected chi connectivity index (χ0v) is 9.64. The van der Waals surface area contributed by atoms with Crippen LogP contribution < -0.4 is 5.73 Å². The summed E-state index contributed by atoms with van der Waals surface area (Å²) in [5.74, 6) is 1.51. The van der Waals surface area contributed by atoms with Crippen LogP contribution in [-0.4, -0.2) is 19.9 Å². The standard InChI is InChI=1S/C10H15N5O/c1-6(2)4-15-5-7(3)12-10(15)8-9(11)14-16-13-8/h5-6H,4H2,1-3H3,(H2,11,14). The van der Waals surface area contributed by atoms with E-state index in [2.05, 4.69) is 33.8 Å². The molecule has 0 fully saturated rings. The van der Waals surface area contributed by atoms with Crippen LogP contribution in [0.3, 0.4) is 0 Å². The molecule has 6 nitrogen and oxygen atoms in total. The van der Waals surface area contributed by atoms with Gasteiger partial charge < -0.3 is 10.3 Å². The summed E-state index contributed by atoms with van der Waals surface area (Å²) in [6, 6.07) is 0. The second kappa shape index (κ2) is 3.96. The highest BCUT2D eigenvalue weighted by Crippen LogP contribution is 2.22. The molecule has 0 radical (unpaired) electrons. The number of nitrogen functional groups attached to an aromatic ring is 1. The van der Waals surface area contributed by atoms with E-state index in [1.54, 1.807) is 0 Å². The zero-order chi connectivity index (χ0) is 11.7. The van der Waals surface area contributed by atoms with Gasteiger partial charge in [0.2, 0.25) is 0 Å². The summed E-state index contributed by atoms with van der Waals surface area (Å²) in [6.45, 7) is 7.08. The van der Waals surface area contributed by atoms with E-state index < -0.39 is 0 Å². The van der Waals surface area contributed by atoms with Crippen molar-refractivity contribution < 1.29 is 4.63 Å². The molecular weight excluding hydrogens is 206 g/mol. The zero-order valence-electron chi connectivity index (χ0n) is 9.64. The predicted molar refractivity (Wildman–Crippen MR) is 59.5 cm³/mol. The molecule has 0 amide bonds. The van der Waals surface area contributed by atoms with Gasteiger partial charge in [-0.1, -0.05) is 13.8 Å². The summed E-state index contributed by atoms with van der Waals surface area (Å²) in [5, 5.41) is 7.33. The minimum absolute atomic E-state index is 0.274. The first-order valence-electron chi connectivity index (χ1n) is 5.20. The molecule has 0 saturated heterocycles. The van der Waals surface area contributed by atoms with Crippen molar-refractivity contribution in [1.82, 2.24) is 19.9 Å². The van der Waals surface area contributed by atoms with Gasteiger partial charge in [0.1, 0.15) is 0 Å². The van der Waals surface area contributed by atoms with Crippen molar-refractivity contribution in [3.63, 3.8) is 0 Å². The van der Waals surface area contributed by atoms with Gasteiger partial charge in [0.15, 0.2) is 17.3 Å². The lowest BCUT2D eigenvalue weighted by Crippen LogP contribution is -2.06. The summed E-state index contributed by atoms with van der Waals surface area (Å²) in [6.07, 6.45) is 1.98. The van der Waals surface area contributed by atoms with Crippen LogP contribution in [-0.2, 0) is 6.54 Å². The Kier molecular flexibility index (Phi) is 2.64. The van der Waals surface area contributed by atoms with Gasteiger partial charge in [0, 0.05) is 12.7 Å². The first-order chi connectivity index (χ1) is 7.58. The van der Waals surface area contributed by atoms with Crippen LogP contribution in [0, 0.1) is 12.8 Å². The average molecular weight is 221 g/mol. The number of aryl methyl sites for hydroxylation is 1. The van der Waals surface area contributed by atoms with Crippen LogP contribution in [0.4, 0.5) is 5.82 Å². The fraction of sp³-hybridized carbons (Fsp3) is 0.500. The normalized spacial score (nSPS) is 11.2. The van der Waals surface area contributed by atoms with E-state index in [9.17, 15) is 0 Å². The van der Waals surface area contributed by atoms with E-state index in [-0.39, 0.29) is 5.82 Å². The fourth-order valence-corrected chi connectivity index (χ4v) is 1.62. The predicted octanol–water partition coefficient (Wildman–Crippen LogP) is 1.48. The van der Waals surface area contributed by atoms with E-state index >= 15 is 0 Å².